The first-order valence-corrected chi connectivity index (χ1v) is 8.06. The number of nitrogen functional groups attached to an aromatic ring is 1. The summed E-state index contributed by atoms with van der Waals surface area (Å²) < 4.78 is 4.28. The Hall–Kier alpha value is -0.810. The second-order valence-electron chi connectivity index (χ2n) is 5.79. The lowest BCUT2D eigenvalue weighted by Crippen LogP contribution is -2.27. The summed E-state index contributed by atoms with van der Waals surface area (Å²) in [4.78, 5) is 2.39. The average Bonchev–Trinajstić information content (AvgIpc) is 3.13. The molecule has 0 saturated heterocycles. The van der Waals surface area contributed by atoms with Crippen molar-refractivity contribution in [2.45, 2.75) is 51.5 Å². The standard InChI is InChI=1S/C14H26N4S/c1-10(2)18(3)9-5-4-8-16-14-12(11-6-7-11)13(15)17-19-14/h10-11,16H,4-9H2,1-3H3,(H2,15,17). The number of hydrogen-bond acceptors (Lipinski definition) is 5. The number of nitrogens with one attached hydrogen (secondary N) is 1. The number of anilines is 2. The van der Waals surface area contributed by atoms with Gasteiger partial charge in [-0.15, -0.1) is 0 Å². The predicted molar refractivity (Wildman–Crippen MR) is 84.0 cm³/mol. The van der Waals surface area contributed by atoms with Crippen LogP contribution in [0.15, 0.2) is 0 Å². The molecule has 4 nitrogen and oxygen atoms in total. The van der Waals surface area contributed by atoms with Crippen LogP contribution in [0.2, 0.25) is 0 Å². The van der Waals surface area contributed by atoms with Gasteiger partial charge in [-0.3, -0.25) is 0 Å². The highest BCUT2D eigenvalue weighted by atomic mass is 32.1. The molecule has 2 rings (SSSR count). The lowest BCUT2D eigenvalue weighted by molar-refractivity contribution is 0.269. The molecule has 1 aliphatic rings. The van der Waals surface area contributed by atoms with Crippen molar-refractivity contribution in [3.05, 3.63) is 5.56 Å². The van der Waals surface area contributed by atoms with Crippen LogP contribution in [0.1, 0.15) is 51.0 Å². The first kappa shape index (κ1) is 14.6. The third kappa shape index (κ3) is 4.08. The second kappa shape index (κ2) is 6.57. The van der Waals surface area contributed by atoms with E-state index in [2.05, 4.69) is 35.5 Å². The Kier molecular flexibility index (Phi) is 5.05. The zero-order valence-electron chi connectivity index (χ0n) is 12.3. The molecular weight excluding hydrogens is 256 g/mol. The molecule has 0 aromatic carbocycles. The smallest absolute Gasteiger partial charge is 0.142 e. The third-order valence-corrected chi connectivity index (χ3v) is 4.68. The summed E-state index contributed by atoms with van der Waals surface area (Å²) >= 11 is 1.52. The number of aromatic nitrogens is 1. The summed E-state index contributed by atoms with van der Waals surface area (Å²) in [5.74, 6) is 1.42. The monoisotopic (exact) mass is 282 g/mol. The van der Waals surface area contributed by atoms with Crippen molar-refractivity contribution >= 4 is 22.4 Å². The van der Waals surface area contributed by atoms with Crippen LogP contribution < -0.4 is 11.1 Å². The normalized spacial score (nSPS) is 15.4. The van der Waals surface area contributed by atoms with E-state index in [1.165, 1.54) is 54.3 Å². The van der Waals surface area contributed by atoms with Gasteiger partial charge in [-0.05, 0) is 70.6 Å². The maximum absolute atomic E-state index is 5.94. The molecule has 5 heteroatoms. The second-order valence-corrected chi connectivity index (χ2v) is 6.57. The molecule has 1 aromatic rings. The minimum atomic E-state index is 0.635. The number of hydrogen-bond donors (Lipinski definition) is 2. The third-order valence-electron chi connectivity index (χ3n) is 3.85. The molecule has 0 atom stereocenters. The van der Waals surface area contributed by atoms with Crippen LogP contribution in [0.4, 0.5) is 10.8 Å². The number of unbranched alkanes of at least 4 members (excludes halogenated alkanes) is 1. The van der Waals surface area contributed by atoms with Gasteiger partial charge >= 0.3 is 0 Å². The highest BCUT2D eigenvalue weighted by molar-refractivity contribution is 7.10. The Morgan fingerprint density at radius 3 is 2.79 bits per heavy atom. The fourth-order valence-electron chi connectivity index (χ4n) is 2.15. The van der Waals surface area contributed by atoms with Gasteiger partial charge in [-0.2, -0.15) is 4.37 Å². The Morgan fingerprint density at radius 2 is 2.16 bits per heavy atom. The fourth-order valence-corrected chi connectivity index (χ4v) is 2.97. The van der Waals surface area contributed by atoms with E-state index in [4.69, 9.17) is 5.73 Å². The zero-order valence-corrected chi connectivity index (χ0v) is 13.1. The zero-order chi connectivity index (χ0) is 13.8. The number of nitrogens with zero attached hydrogens (tertiary/aromatic N) is 2. The van der Waals surface area contributed by atoms with Crippen LogP contribution in [-0.2, 0) is 0 Å². The van der Waals surface area contributed by atoms with E-state index in [1.807, 2.05) is 0 Å². The van der Waals surface area contributed by atoms with Crippen molar-refractivity contribution in [2.24, 2.45) is 0 Å². The van der Waals surface area contributed by atoms with Gasteiger partial charge in [0.1, 0.15) is 10.8 Å². The van der Waals surface area contributed by atoms with Crippen molar-refractivity contribution < 1.29 is 0 Å². The van der Waals surface area contributed by atoms with Crippen molar-refractivity contribution in [1.82, 2.24) is 9.27 Å². The Labute approximate surface area is 120 Å². The molecule has 1 saturated carbocycles. The van der Waals surface area contributed by atoms with E-state index in [-0.39, 0.29) is 0 Å². The van der Waals surface area contributed by atoms with Crippen LogP contribution in [0, 0.1) is 0 Å². The fraction of sp³-hybridized carbons (Fsp3) is 0.786. The minimum absolute atomic E-state index is 0.635. The van der Waals surface area contributed by atoms with Crippen LogP contribution in [0.3, 0.4) is 0 Å². The minimum Gasteiger partial charge on any atom is -0.383 e. The van der Waals surface area contributed by atoms with E-state index in [0.717, 1.165) is 12.4 Å². The van der Waals surface area contributed by atoms with Crippen molar-refractivity contribution in [3.8, 4) is 0 Å². The first-order valence-electron chi connectivity index (χ1n) is 7.28. The van der Waals surface area contributed by atoms with Gasteiger partial charge in [0.05, 0.1) is 0 Å². The molecular formula is C14H26N4S. The average molecular weight is 282 g/mol. The van der Waals surface area contributed by atoms with Gasteiger partial charge in [0.25, 0.3) is 0 Å². The van der Waals surface area contributed by atoms with Crippen LogP contribution in [0.25, 0.3) is 0 Å². The molecule has 1 heterocycles. The molecule has 0 aliphatic heterocycles. The van der Waals surface area contributed by atoms with Crippen molar-refractivity contribution in [3.63, 3.8) is 0 Å². The summed E-state index contributed by atoms with van der Waals surface area (Å²) in [6.45, 7) is 6.66. The Balaban J connectivity index is 1.69. The quantitative estimate of drug-likeness (QED) is 0.719. The molecule has 19 heavy (non-hydrogen) atoms. The van der Waals surface area contributed by atoms with Crippen LogP contribution in [0.5, 0.6) is 0 Å². The maximum Gasteiger partial charge on any atom is 0.142 e. The molecule has 3 N–H and O–H groups in total. The van der Waals surface area contributed by atoms with Crippen LogP contribution >= 0.6 is 11.5 Å². The molecule has 0 bridgehead atoms. The topological polar surface area (TPSA) is 54.2 Å². The van der Waals surface area contributed by atoms with Gasteiger partial charge in [0, 0.05) is 18.2 Å². The highest BCUT2D eigenvalue weighted by Gasteiger charge is 2.30. The Bertz CT molecular complexity index is 398. The first-order chi connectivity index (χ1) is 9.09. The van der Waals surface area contributed by atoms with Crippen molar-refractivity contribution in [1.29, 1.82) is 0 Å². The molecule has 1 aliphatic carbocycles. The molecule has 1 aromatic heterocycles. The largest absolute Gasteiger partial charge is 0.383 e. The summed E-state index contributed by atoms with van der Waals surface area (Å²) in [5, 5.41) is 4.72. The molecule has 108 valence electrons. The van der Waals surface area contributed by atoms with Crippen LogP contribution in [-0.4, -0.2) is 35.5 Å². The Morgan fingerprint density at radius 1 is 1.42 bits per heavy atom. The number of rotatable bonds is 8. The SMILES string of the molecule is CC(C)N(C)CCCCNc1snc(N)c1C1CC1. The summed E-state index contributed by atoms with van der Waals surface area (Å²) in [6.07, 6.45) is 4.97. The van der Waals surface area contributed by atoms with Gasteiger partial charge in [0.2, 0.25) is 0 Å². The molecule has 0 radical (unpaired) electrons. The van der Waals surface area contributed by atoms with Gasteiger partial charge < -0.3 is 16.0 Å². The van der Waals surface area contributed by atoms with Gasteiger partial charge in [-0.25, -0.2) is 0 Å². The molecule has 1 fully saturated rings. The lowest BCUT2D eigenvalue weighted by Gasteiger charge is -2.20. The van der Waals surface area contributed by atoms with Gasteiger partial charge in [0.15, 0.2) is 0 Å². The molecule has 0 unspecified atom stereocenters. The van der Waals surface area contributed by atoms with Gasteiger partial charge in [-0.1, -0.05) is 0 Å². The summed E-state index contributed by atoms with van der Waals surface area (Å²) in [6, 6.07) is 0.635. The molecule has 0 amide bonds. The number of nitrogens with two attached hydrogens (primary N) is 1. The maximum atomic E-state index is 5.94. The lowest BCUT2D eigenvalue weighted by atomic mass is 10.2. The summed E-state index contributed by atoms with van der Waals surface area (Å²) in [7, 11) is 2.19. The summed E-state index contributed by atoms with van der Waals surface area (Å²) in [5.41, 5.74) is 7.22. The molecule has 0 spiro atoms. The van der Waals surface area contributed by atoms with Crippen molar-refractivity contribution in [2.75, 3.05) is 31.2 Å². The van der Waals surface area contributed by atoms with E-state index in [1.54, 1.807) is 0 Å². The highest BCUT2D eigenvalue weighted by Crippen LogP contribution is 2.47. The van der Waals surface area contributed by atoms with E-state index >= 15 is 0 Å². The van der Waals surface area contributed by atoms with E-state index < -0.39 is 0 Å². The van der Waals surface area contributed by atoms with E-state index in [0.29, 0.717) is 12.0 Å². The van der Waals surface area contributed by atoms with E-state index in [9.17, 15) is 0 Å². The predicted octanol–water partition coefficient (Wildman–Crippen LogP) is 3.14.